The van der Waals surface area contributed by atoms with E-state index in [9.17, 15) is 0 Å². The first-order valence-electron chi connectivity index (χ1n) is 5.93. The lowest BCUT2D eigenvalue weighted by atomic mass is 10.3. The molecular formula is C13H22N2O2. The van der Waals surface area contributed by atoms with Crippen molar-refractivity contribution in [3.05, 3.63) is 24.3 Å². The van der Waals surface area contributed by atoms with Crippen LogP contribution in [0.15, 0.2) is 24.3 Å². The van der Waals surface area contributed by atoms with Crippen molar-refractivity contribution in [3.8, 4) is 5.75 Å². The van der Waals surface area contributed by atoms with E-state index in [0.29, 0.717) is 6.61 Å². The first kappa shape index (κ1) is 13.8. The summed E-state index contributed by atoms with van der Waals surface area (Å²) in [6.45, 7) is 3.78. The Hall–Kier alpha value is -1.26. The van der Waals surface area contributed by atoms with Crippen molar-refractivity contribution in [1.82, 2.24) is 4.90 Å². The van der Waals surface area contributed by atoms with Crippen molar-refractivity contribution in [2.45, 2.75) is 19.4 Å². The first-order chi connectivity index (χ1) is 8.13. The lowest BCUT2D eigenvalue weighted by molar-refractivity contribution is 0.151. The van der Waals surface area contributed by atoms with E-state index < -0.39 is 0 Å². The summed E-state index contributed by atoms with van der Waals surface area (Å²) in [6.07, 6.45) is 0.936. The smallest absolute Gasteiger partial charge is 0.119 e. The predicted octanol–water partition coefficient (Wildman–Crippen LogP) is 1.35. The second-order valence-electron chi connectivity index (χ2n) is 4.28. The molecule has 0 fully saturated rings. The molecule has 4 heteroatoms. The van der Waals surface area contributed by atoms with Gasteiger partial charge in [-0.3, -0.25) is 0 Å². The van der Waals surface area contributed by atoms with Gasteiger partial charge in [-0.2, -0.15) is 0 Å². The normalized spacial score (nSPS) is 12.7. The second kappa shape index (κ2) is 7.14. The van der Waals surface area contributed by atoms with Gasteiger partial charge in [0.2, 0.25) is 0 Å². The molecule has 4 nitrogen and oxygen atoms in total. The number of likely N-dealkylation sites (N-methyl/N-ethyl adjacent to an activating group) is 1. The Morgan fingerprint density at radius 2 is 2.00 bits per heavy atom. The molecule has 96 valence electrons. The number of aliphatic hydroxyl groups excluding tert-OH is 1. The third-order valence-electron chi connectivity index (χ3n) is 2.82. The highest BCUT2D eigenvalue weighted by atomic mass is 16.5. The van der Waals surface area contributed by atoms with Gasteiger partial charge >= 0.3 is 0 Å². The number of ether oxygens (including phenoxy) is 1. The molecule has 1 aromatic rings. The quantitative estimate of drug-likeness (QED) is 0.556. The molecule has 0 amide bonds. The Balaban J connectivity index is 2.18. The maximum Gasteiger partial charge on any atom is 0.119 e. The number of nitrogens with two attached hydrogens (primary N) is 1. The fraction of sp³-hybridized carbons (Fsp3) is 0.538. The van der Waals surface area contributed by atoms with Crippen molar-refractivity contribution in [1.29, 1.82) is 0 Å². The molecule has 0 aliphatic carbocycles. The van der Waals surface area contributed by atoms with Crippen molar-refractivity contribution in [3.63, 3.8) is 0 Å². The highest BCUT2D eigenvalue weighted by molar-refractivity contribution is 5.41. The SMILES string of the molecule is CC(CO)N(C)CCCOc1ccc(N)cc1. The molecule has 0 saturated carbocycles. The number of aliphatic hydroxyl groups is 1. The van der Waals surface area contributed by atoms with Gasteiger partial charge in [0.1, 0.15) is 5.75 Å². The number of anilines is 1. The van der Waals surface area contributed by atoms with Gasteiger partial charge < -0.3 is 20.5 Å². The van der Waals surface area contributed by atoms with E-state index in [1.54, 1.807) is 0 Å². The number of hydrogen-bond acceptors (Lipinski definition) is 4. The van der Waals surface area contributed by atoms with E-state index in [0.717, 1.165) is 24.4 Å². The van der Waals surface area contributed by atoms with Crippen LogP contribution in [0.25, 0.3) is 0 Å². The van der Waals surface area contributed by atoms with Gasteiger partial charge in [-0.25, -0.2) is 0 Å². The molecule has 0 heterocycles. The largest absolute Gasteiger partial charge is 0.494 e. The average molecular weight is 238 g/mol. The van der Waals surface area contributed by atoms with Gasteiger partial charge in [-0.15, -0.1) is 0 Å². The fourth-order valence-corrected chi connectivity index (χ4v) is 1.43. The maximum atomic E-state index is 8.98. The third-order valence-corrected chi connectivity index (χ3v) is 2.82. The van der Waals surface area contributed by atoms with Crippen LogP contribution in [0.4, 0.5) is 5.69 Å². The second-order valence-corrected chi connectivity index (χ2v) is 4.28. The Bertz CT molecular complexity index is 314. The zero-order chi connectivity index (χ0) is 12.7. The minimum absolute atomic E-state index is 0.190. The number of nitrogen functional groups attached to an aromatic ring is 1. The molecule has 17 heavy (non-hydrogen) atoms. The Kier molecular flexibility index (Phi) is 5.80. The summed E-state index contributed by atoms with van der Waals surface area (Å²) in [6, 6.07) is 7.60. The van der Waals surface area contributed by atoms with Crippen molar-refractivity contribution < 1.29 is 9.84 Å². The van der Waals surface area contributed by atoms with Gasteiger partial charge in [-0.05, 0) is 44.7 Å². The summed E-state index contributed by atoms with van der Waals surface area (Å²) in [5.41, 5.74) is 6.33. The molecule has 0 spiro atoms. The summed E-state index contributed by atoms with van der Waals surface area (Å²) in [5.74, 6) is 0.844. The van der Waals surface area contributed by atoms with Crippen LogP contribution in [-0.2, 0) is 0 Å². The van der Waals surface area contributed by atoms with Crippen LogP contribution < -0.4 is 10.5 Å². The standard InChI is InChI=1S/C13H22N2O2/c1-11(10-16)15(2)8-3-9-17-13-6-4-12(14)5-7-13/h4-7,11,16H,3,8-10,14H2,1-2H3. The van der Waals surface area contributed by atoms with Crippen molar-refractivity contribution in [2.75, 3.05) is 32.5 Å². The number of rotatable bonds is 7. The van der Waals surface area contributed by atoms with Crippen LogP contribution in [0, 0.1) is 0 Å². The van der Waals surface area contributed by atoms with Crippen LogP contribution in [0.1, 0.15) is 13.3 Å². The monoisotopic (exact) mass is 238 g/mol. The molecule has 0 aromatic heterocycles. The van der Waals surface area contributed by atoms with E-state index in [1.165, 1.54) is 0 Å². The summed E-state index contributed by atoms with van der Waals surface area (Å²) < 4.78 is 5.58. The van der Waals surface area contributed by atoms with E-state index in [1.807, 2.05) is 38.2 Å². The van der Waals surface area contributed by atoms with Gasteiger partial charge in [0.15, 0.2) is 0 Å². The fourth-order valence-electron chi connectivity index (χ4n) is 1.43. The van der Waals surface area contributed by atoms with Gasteiger partial charge in [0, 0.05) is 18.3 Å². The molecule has 1 rings (SSSR count). The molecule has 0 radical (unpaired) electrons. The van der Waals surface area contributed by atoms with Gasteiger partial charge in [0.05, 0.1) is 13.2 Å². The van der Waals surface area contributed by atoms with E-state index in [4.69, 9.17) is 15.6 Å². The molecule has 1 unspecified atom stereocenters. The zero-order valence-corrected chi connectivity index (χ0v) is 10.6. The summed E-state index contributed by atoms with van der Waals surface area (Å²) in [4.78, 5) is 2.12. The number of benzene rings is 1. The Labute approximate surface area is 103 Å². The lowest BCUT2D eigenvalue weighted by Gasteiger charge is -2.22. The Morgan fingerprint density at radius 1 is 1.35 bits per heavy atom. The molecule has 1 atom stereocenters. The van der Waals surface area contributed by atoms with E-state index in [2.05, 4.69) is 4.90 Å². The zero-order valence-electron chi connectivity index (χ0n) is 10.6. The molecule has 1 aromatic carbocycles. The number of hydrogen-bond donors (Lipinski definition) is 2. The van der Waals surface area contributed by atoms with E-state index >= 15 is 0 Å². The molecule has 3 N–H and O–H groups in total. The van der Waals surface area contributed by atoms with Crippen LogP contribution in [-0.4, -0.2) is 42.9 Å². The minimum atomic E-state index is 0.190. The van der Waals surface area contributed by atoms with Crippen LogP contribution in [0.3, 0.4) is 0 Å². The molecule has 0 saturated heterocycles. The first-order valence-corrected chi connectivity index (χ1v) is 5.93. The predicted molar refractivity (Wildman–Crippen MR) is 70.1 cm³/mol. The lowest BCUT2D eigenvalue weighted by Crippen LogP contribution is -2.33. The molecular weight excluding hydrogens is 216 g/mol. The maximum absolute atomic E-state index is 8.98. The number of nitrogens with zero attached hydrogens (tertiary/aromatic N) is 1. The molecule has 0 aliphatic heterocycles. The Morgan fingerprint density at radius 3 is 2.59 bits per heavy atom. The molecule has 0 aliphatic rings. The highest BCUT2D eigenvalue weighted by Gasteiger charge is 2.06. The van der Waals surface area contributed by atoms with Crippen LogP contribution >= 0.6 is 0 Å². The summed E-state index contributed by atoms with van der Waals surface area (Å²) in [5, 5.41) is 8.98. The van der Waals surface area contributed by atoms with Gasteiger partial charge in [-0.1, -0.05) is 0 Å². The summed E-state index contributed by atoms with van der Waals surface area (Å²) >= 11 is 0. The van der Waals surface area contributed by atoms with E-state index in [-0.39, 0.29) is 12.6 Å². The van der Waals surface area contributed by atoms with Crippen LogP contribution in [0.5, 0.6) is 5.75 Å². The van der Waals surface area contributed by atoms with Crippen LogP contribution in [0.2, 0.25) is 0 Å². The van der Waals surface area contributed by atoms with Crippen molar-refractivity contribution in [2.24, 2.45) is 0 Å². The van der Waals surface area contributed by atoms with Crippen molar-refractivity contribution >= 4 is 5.69 Å². The summed E-state index contributed by atoms with van der Waals surface area (Å²) in [7, 11) is 2.00. The van der Waals surface area contributed by atoms with Gasteiger partial charge in [0.25, 0.3) is 0 Å². The highest BCUT2D eigenvalue weighted by Crippen LogP contribution is 2.13. The minimum Gasteiger partial charge on any atom is -0.494 e. The topological polar surface area (TPSA) is 58.7 Å². The third kappa shape index (κ3) is 5.06. The molecule has 0 bridgehead atoms. The average Bonchev–Trinajstić information content (AvgIpc) is 2.35.